The zero-order valence-electron chi connectivity index (χ0n) is 12.5. The zero-order chi connectivity index (χ0) is 16.2. The molecule has 5 heteroatoms. The van der Waals surface area contributed by atoms with E-state index >= 15 is 0 Å². The number of para-hydroxylation sites is 2. The summed E-state index contributed by atoms with van der Waals surface area (Å²) in [5.41, 5.74) is 0.212. The van der Waals surface area contributed by atoms with E-state index in [1.165, 1.54) is 6.07 Å². The van der Waals surface area contributed by atoms with Gasteiger partial charge in [0.05, 0.1) is 6.61 Å². The van der Waals surface area contributed by atoms with Gasteiger partial charge in [0.15, 0.2) is 11.3 Å². The average molecular weight is 309 g/mol. The Morgan fingerprint density at radius 3 is 2.65 bits per heavy atom. The summed E-state index contributed by atoms with van der Waals surface area (Å²) >= 11 is 0. The number of hydrogen-bond acceptors (Lipinski definition) is 4. The van der Waals surface area contributed by atoms with E-state index in [-0.39, 0.29) is 5.56 Å². The van der Waals surface area contributed by atoms with Crippen molar-refractivity contribution < 1.29 is 13.9 Å². The summed E-state index contributed by atoms with van der Waals surface area (Å²) < 4.78 is 10.7. The van der Waals surface area contributed by atoms with Gasteiger partial charge in [-0.15, -0.1) is 0 Å². The molecular formula is C18H15NO4. The molecule has 1 heterocycles. The van der Waals surface area contributed by atoms with E-state index in [1.807, 2.05) is 13.0 Å². The Balaban J connectivity index is 2.00. The zero-order valence-corrected chi connectivity index (χ0v) is 12.5. The molecule has 2 aromatic carbocycles. The van der Waals surface area contributed by atoms with Crippen LogP contribution in [0, 0.1) is 0 Å². The van der Waals surface area contributed by atoms with E-state index in [0.29, 0.717) is 29.0 Å². The van der Waals surface area contributed by atoms with Gasteiger partial charge in [0.1, 0.15) is 5.56 Å². The Morgan fingerprint density at radius 1 is 1.13 bits per heavy atom. The number of rotatable bonds is 4. The van der Waals surface area contributed by atoms with Crippen LogP contribution in [0.3, 0.4) is 0 Å². The van der Waals surface area contributed by atoms with Crippen molar-refractivity contribution in [1.82, 2.24) is 0 Å². The fourth-order valence-corrected chi connectivity index (χ4v) is 2.27. The smallest absolute Gasteiger partial charge is 0.349 e. The highest BCUT2D eigenvalue weighted by Crippen LogP contribution is 2.25. The van der Waals surface area contributed by atoms with Gasteiger partial charge < -0.3 is 14.5 Å². The molecule has 0 spiro atoms. The van der Waals surface area contributed by atoms with Crippen LogP contribution >= 0.6 is 0 Å². The number of carbonyl (C=O) groups is 1. The van der Waals surface area contributed by atoms with E-state index in [1.54, 1.807) is 42.5 Å². The summed E-state index contributed by atoms with van der Waals surface area (Å²) in [6, 6.07) is 15.7. The molecule has 3 aromatic rings. The quantitative estimate of drug-likeness (QED) is 0.750. The summed E-state index contributed by atoms with van der Waals surface area (Å²) in [6.45, 7) is 2.30. The first-order valence-electron chi connectivity index (χ1n) is 7.25. The van der Waals surface area contributed by atoms with Crippen LogP contribution in [0.5, 0.6) is 5.75 Å². The maximum Gasteiger partial charge on any atom is 0.349 e. The lowest BCUT2D eigenvalue weighted by molar-refractivity contribution is 0.102. The number of ether oxygens (including phenoxy) is 1. The molecule has 3 rings (SSSR count). The van der Waals surface area contributed by atoms with Crippen molar-refractivity contribution in [1.29, 1.82) is 0 Å². The van der Waals surface area contributed by atoms with E-state index in [0.717, 1.165) is 0 Å². The summed E-state index contributed by atoms with van der Waals surface area (Å²) in [7, 11) is 0. The predicted molar refractivity (Wildman–Crippen MR) is 88.0 cm³/mol. The Bertz CT molecular complexity index is 900. The van der Waals surface area contributed by atoms with Crippen molar-refractivity contribution in [2.45, 2.75) is 6.92 Å². The van der Waals surface area contributed by atoms with E-state index in [4.69, 9.17) is 9.15 Å². The van der Waals surface area contributed by atoms with Crippen molar-refractivity contribution in [3.05, 3.63) is 70.6 Å². The van der Waals surface area contributed by atoms with E-state index < -0.39 is 11.5 Å². The van der Waals surface area contributed by atoms with Crippen LogP contribution in [-0.4, -0.2) is 12.5 Å². The van der Waals surface area contributed by atoms with Gasteiger partial charge >= 0.3 is 5.63 Å². The molecule has 0 bridgehead atoms. The van der Waals surface area contributed by atoms with Crippen molar-refractivity contribution in [2.24, 2.45) is 0 Å². The van der Waals surface area contributed by atoms with Crippen LogP contribution < -0.4 is 15.7 Å². The molecule has 116 valence electrons. The summed E-state index contributed by atoms with van der Waals surface area (Å²) in [4.78, 5) is 24.4. The fourth-order valence-electron chi connectivity index (χ4n) is 2.27. The minimum atomic E-state index is -0.696. The number of anilines is 1. The average Bonchev–Trinajstić information content (AvgIpc) is 2.56. The molecule has 1 amide bonds. The van der Waals surface area contributed by atoms with Crippen molar-refractivity contribution in [3.8, 4) is 5.75 Å². The lowest BCUT2D eigenvalue weighted by Gasteiger charge is -2.08. The van der Waals surface area contributed by atoms with Crippen LogP contribution in [0.25, 0.3) is 11.0 Å². The van der Waals surface area contributed by atoms with E-state index in [9.17, 15) is 9.59 Å². The third-order valence-electron chi connectivity index (χ3n) is 3.30. The van der Waals surface area contributed by atoms with Gasteiger partial charge in [0.2, 0.25) is 0 Å². The number of fused-ring (bicyclic) bond motifs is 1. The fraction of sp³-hybridized carbons (Fsp3) is 0.111. The Kier molecular flexibility index (Phi) is 4.10. The monoisotopic (exact) mass is 309 g/mol. The molecule has 0 fully saturated rings. The molecule has 0 aliphatic heterocycles. The van der Waals surface area contributed by atoms with Gasteiger partial charge in [-0.25, -0.2) is 4.79 Å². The summed E-state index contributed by atoms with van der Waals surface area (Å²) in [6.07, 6.45) is 0. The topological polar surface area (TPSA) is 68.5 Å². The summed E-state index contributed by atoms with van der Waals surface area (Å²) in [5.74, 6) is -0.0224. The van der Waals surface area contributed by atoms with Crippen molar-refractivity contribution in [3.63, 3.8) is 0 Å². The van der Waals surface area contributed by atoms with Gasteiger partial charge in [0.25, 0.3) is 5.91 Å². The molecular weight excluding hydrogens is 294 g/mol. The van der Waals surface area contributed by atoms with Gasteiger partial charge in [0, 0.05) is 11.1 Å². The molecule has 0 aliphatic rings. The second kappa shape index (κ2) is 6.36. The molecule has 1 N–H and O–H groups in total. The van der Waals surface area contributed by atoms with E-state index in [2.05, 4.69) is 5.32 Å². The largest absolute Gasteiger partial charge is 0.490 e. The normalized spacial score (nSPS) is 10.5. The minimum Gasteiger partial charge on any atom is -0.490 e. The molecule has 0 saturated heterocycles. The van der Waals surface area contributed by atoms with Gasteiger partial charge in [-0.3, -0.25) is 4.79 Å². The lowest BCUT2D eigenvalue weighted by atomic mass is 10.1. The van der Waals surface area contributed by atoms with Crippen molar-refractivity contribution >= 4 is 22.6 Å². The SMILES string of the molecule is CCOc1cccc2cc(C(=O)Nc3ccccc3)c(=O)oc12. The first-order chi connectivity index (χ1) is 11.2. The molecule has 1 aromatic heterocycles. The second-order valence-electron chi connectivity index (χ2n) is 4.88. The molecule has 0 unspecified atom stereocenters. The first kappa shape index (κ1) is 14.8. The molecule has 0 saturated carbocycles. The van der Waals surface area contributed by atoms with Gasteiger partial charge in [-0.1, -0.05) is 30.3 Å². The maximum absolute atomic E-state index is 12.3. The third kappa shape index (κ3) is 3.08. The van der Waals surface area contributed by atoms with Crippen LogP contribution in [0.15, 0.2) is 63.8 Å². The van der Waals surface area contributed by atoms with Crippen LogP contribution in [-0.2, 0) is 0 Å². The molecule has 23 heavy (non-hydrogen) atoms. The standard InChI is InChI=1S/C18H15NO4/c1-2-22-15-10-6-7-12-11-14(18(21)23-16(12)15)17(20)19-13-8-4-3-5-9-13/h3-11H,2H2,1H3,(H,19,20). The number of hydrogen-bond donors (Lipinski definition) is 1. The first-order valence-corrected chi connectivity index (χ1v) is 7.25. The number of nitrogens with one attached hydrogen (secondary N) is 1. The number of amides is 1. The predicted octanol–water partition coefficient (Wildman–Crippen LogP) is 3.44. The lowest BCUT2D eigenvalue weighted by Crippen LogP contribution is -2.20. The highest BCUT2D eigenvalue weighted by molar-refractivity contribution is 6.05. The second-order valence-corrected chi connectivity index (χ2v) is 4.88. The maximum atomic E-state index is 12.3. The van der Waals surface area contributed by atoms with Gasteiger partial charge in [-0.05, 0) is 31.2 Å². The third-order valence-corrected chi connectivity index (χ3v) is 3.30. The molecule has 5 nitrogen and oxygen atoms in total. The Morgan fingerprint density at radius 2 is 1.91 bits per heavy atom. The van der Waals surface area contributed by atoms with Crippen LogP contribution in [0.4, 0.5) is 5.69 Å². The number of benzene rings is 2. The molecule has 0 aliphatic carbocycles. The molecule has 0 radical (unpaired) electrons. The van der Waals surface area contributed by atoms with Crippen LogP contribution in [0.2, 0.25) is 0 Å². The number of carbonyl (C=O) groups excluding carboxylic acids is 1. The minimum absolute atomic E-state index is 0.0463. The van der Waals surface area contributed by atoms with Crippen molar-refractivity contribution in [2.75, 3.05) is 11.9 Å². The Labute approximate surface area is 132 Å². The Hall–Kier alpha value is -3.08. The molecule has 0 atom stereocenters. The van der Waals surface area contributed by atoms with Gasteiger partial charge in [-0.2, -0.15) is 0 Å². The highest BCUT2D eigenvalue weighted by atomic mass is 16.5. The highest BCUT2D eigenvalue weighted by Gasteiger charge is 2.15. The van der Waals surface area contributed by atoms with Crippen LogP contribution in [0.1, 0.15) is 17.3 Å². The summed E-state index contributed by atoms with van der Waals surface area (Å²) in [5, 5.41) is 3.31.